The number of aliphatic hydroxyl groups is 1. The molecule has 1 amide bonds. The van der Waals surface area contributed by atoms with Crippen LogP contribution in [0, 0.1) is 0 Å². The molecule has 1 fully saturated rings. The van der Waals surface area contributed by atoms with Crippen molar-refractivity contribution in [1.82, 2.24) is 4.90 Å². The summed E-state index contributed by atoms with van der Waals surface area (Å²) >= 11 is 6.25. The van der Waals surface area contributed by atoms with Gasteiger partial charge in [0.25, 0.3) is 11.7 Å². The molecular formula is C28H26ClNO7. The Bertz CT molecular complexity index is 1340. The van der Waals surface area contributed by atoms with E-state index in [4.69, 9.17) is 30.5 Å². The van der Waals surface area contributed by atoms with Crippen LogP contribution in [0.1, 0.15) is 17.2 Å². The van der Waals surface area contributed by atoms with Crippen LogP contribution in [0.4, 0.5) is 0 Å². The van der Waals surface area contributed by atoms with E-state index < -0.39 is 17.7 Å². The third-order valence-corrected chi connectivity index (χ3v) is 6.33. The van der Waals surface area contributed by atoms with E-state index in [1.807, 2.05) is 0 Å². The van der Waals surface area contributed by atoms with Gasteiger partial charge in [0.1, 0.15) is 35.4 Å². The highest BCUT2D eigenvalue weighted by molar-refractivity contribution is 6.46. The van der Waals surface area contributed by atoms with Gasteiger partial charge in [-0.05, 0) is 60.2 Å². The highest BCUT2D eigenvalue weighted by atomic mass is 35.5. The Kier molecular flexibility index (Phi) is 7.89. The molecule has 3 aromatic carbocycles. The van der Waals surface area contributed by atoms with Crippen molar-refractivity contribution in [2.45, 2.75) is 6.04 Å². The lowest BCUT2D eigenvalue weighted by Crippen LogP contribution is -2.33. The topological polar surface area (TPSA) is 94.5 Å². The van der Waals surface area contributed by atoms with Crippen LogP contribution in [-0.2, 0) is 9.59 Å². The summed E-state index contributed by atoms with van der Waals surface area (Å²) < 4.78 is 21.5. The molecule has 0 radical (unpaired) electrons. The lowest BCUT2D eigenvalue weighted by Gasteiger charge is -2.25. The van der Waals surface area contributed by atoms with Crippen LogP contribution < -0.4 is 18.9 Å². The highest BCUT2D eigenvalue weighted by Gasteiger charge is 2.46. The second-order valence-electron chi connectivity index (χ2n) is 8.14. The second-order valence-corrected chi connectivity index (χ2v) is 8.55. The van der Waals surface area contributed by atoms with Crippen LogP contribution >= 0.6 is 11.6 Å². The number of likely N-dealkylation sites (tertiary alicyclic amines) is 1. The predicted molar refractivity (Wildman–Crippen MR) is 138 cm³/mol. The van der Waals surface area contributed by atoms with Gasteiger partial charge in [-0.15, -0.1) is 0 Å². The Morgan fingerprint density at radius 2 is 1.59 bits per heavy atom. The molecule has 1 saturated heterocycles. The number of hydrogen-bond donors (Lipinski definition) is 1. The van der Waals surface area contributed by atoms with E-state index in [-0.39, 0.29) is 35.1 Å². The van der Waals surface area contributed by atoms with Crippen molar-refractivity contribution in [3.63, 3.8) is 0 Å². The van der Waals surface area contributed by atoms with E-state index in [0.29, 0.717) is 28.6 Å². The number of carbonyl (C=O) groups is 2. The largest absolute Gasteiger partial charge is 0.507 e. The smallest absolute Gasteiger partial charge is 0.295 e. The Hall–Kier alpha value is -4.17. The molecule has 0 bridgehead atoms. The Balaban J connectivity index is 1.70. The van der Waals surface area contributed by atoms with Crippen LogP contribution in [0.15, 0.2) is 72.3 Å². The van der Waals surface area contributed by atoms with E-state index in [1.54, 1.807) is 67.8 Å². The fourth-order valence-corrected chi connectivity index (χ4v) is 4.43. The molecule has 1 aliphatic heterocycles. The molecule has 8 nitrogen and oxygen atoms in total. The third-order valence-electron chi connectivity index (χ3n) is 6.04. The molecule has 9 heteroatoms. The first-order chi connectivity index (χ1) is 17.9. The number of amides is 1. The predicted octanol–water partition coefficient (Wildman–Crippen LogP) is 4.87. The number of rotatable bonds is 9. The summed E-state index contributed by atoms with van der Waals surface area (Å²) in [6, 6.07) is 17.8. The number of halogens is 1. The number of aliphatic hydroxyl groups excluding tert-OH is 1. The summed E-state index contributed by atoms with van der Waals surface area (Å²) in [6.45, 7) is 0.215. The summed E-state index contributed by atoms with van der Waals surface area (Å²) in [4.78, 5) is 27.8. The van der Waals surface area contributed by atoms with Gasteiger partial charge in [-0.2, -0.15) is 0 Å². The zero-order valence-corrected chi connectivity index (χ0v) is 21.3. The number of carbonyl (C=O) groups excluding carboxylic acids is 2. The number of hydrogen-bond acceptors (Lipinski definition) is 7. The molecule has 192 valence electrons. The lowest BCUT2D eigenvalue weighted by atomic mass is 9.95. The number of benzene rings is 3. The standard InChI is InChI=1S/C28H26ClNO7/c1-34-19-8-10-20(11-9-19)37-14-13-30-25(17-5-4-6-21(15-17)35-2)24(27(32)28(30)33)26(31)18-7-12-23(36-3)22(29)16-18/h4-12,15-16,25,31H,13-14H2,1-3H3/b26-24-. The number of ketones is 1. The Morgan fingerprint density at radius 3 is 2.24 bits per heavy atom. The lowest BCUT2D eigenvalue weighted by molar-refractivity contribution is -0.140. The van der Waals surface area contributed by atoms with Crippen molar-refractivity contribution < 1.29 is 33.6 Å². The van der Waals surface area contributed by atoms with Crippen molar-refractivity contribution in [3.8, 4) is 23.0 Å². The third kappa shape index (κ3) is 5.34. The molecule has 1 N–H and O–H groups in total. The number of Topliss-reactive ketones (excluding diaryl/α,β-unsaturated/α-hetero) is 1. The molecule has 3 aromatic rings. The molecule has 1 unspecified atom stereocenters. The fourth-order valence-electron chi connectivity index (χ4n) is 4.17. The normalized spacial score (nSPS) is 16.5. The maximum atomic E-state index is 13.2. The minimum absolute atomic E-state index is 0.0519. The van der Waals surface area contributed by atoms with Gasteiger partial charge in [0.15, 0.2) is 0 Å². The van der Waals surface area contributed by atoms with E-state index in [9.17, 15) is 14.7 Å². The van der Waals surface area contributed by atoms with Gasteiger partial charge in [0.05, 0.1) is 44.5 Å². The monoisotopic (exact) mass is 523 g/mol. The van der Waals surface area contributed by atoms with E-state index in [0.717, 1.165) is 0 Å². The molecule has 0 aliphatic carbocycles. The van der Waals surface area contributed by atoms with Crippen molar-refractivity contribution in [2.75, 3.05) is 34.5 Å². The summed E-state index contributed by atoms with van der Waals surface area (Å²) in [6.07, 6.45) is 0. The molecule has 0 saturated carbocycles. The molecule has 4 rings (SSSR count). The SMILES string of the molecule is COc1ccc(OCCN2C(=O)C(=O)/C(=C(\O)c3ccc(OC)c(Cl)c3)C2c2cccc(OC)c2)cc1. The van der Waals surface area contributed by atoms with Gasteiger partial charge in [-0.3, -0.25) is 9.59 Å². The quantitative estimate of drug-likeness (QED) is 0.243. The summed E-state index contributed by atoms with van der Waals surface area (Å²) in [5.41, 5.74) is 0.833. The highest BCUT2D eigenvalue weighted by Crippen LogP contribution is 2.41. The first kappa shape index (κ1) is 25.9. The van der Waals surface area contributed by atoms with Gasteiger partial charge in [-0.1, -0.05) is 23.7 Å². The van der Waals surface area contributed by atoms with E-state index >= 15 is 0 Å². The fraction of sp³-hybridized carbons (Fsp3) is 0.214. The number of nitrogens with zero attached hydrogens (tertiary/aromatic N) is 1. The van der Waals surface area contributed by atoms with Gasteiger partial charge >= 0.3 is 0 Å². The Labute approximate surface area is 219 Å². The van der Waals surface area contributed by atoms with Gasteiger partial charge in [0, 0.05) is 5.56 Å². The van der Waals surface area contributed by atoms with Crippen LogP contribution in [0.5, 0.6) is 23.0 Å². The summed E-state index contributed by atoms with van der Waals surface area (Å²) in [5.74, 6) is 0.352. The minimum Gasteiger partial charge on any atom is -0.507 e. The van der Waals surface area contributed by atoms with Crippen molar-refractivity contribution >= 4 is 29.1 Å². The zero-order chi connectivity index (χ0) is 26.5. The number of ether oxygens (including phenoxy) is 4. The first-order valence-electron chi connectivity index (χ1n) is 11.4. The van der Waals surface area contributed by atoms with Gasteiger partial charge in [0.2, 0.25) is 0 Å². The van der Waals surface area contributed by atoms with Gasteiger partial charge in [-0.25, -0.2) is 0 Å². The van der Waals surface area contributed by atoms with Crippen LogP contribution in [0.2, 0.25) is 5.02 Å². The van der Waals surface area contributed by atoms with Crippen molar-refractivity contribution in [1.29, 1.82) is 0 Å². The van der Waals surface area contributed by atoms with Crippen LogP contribution in [0.25, 0.3) is 5.76 Å². The zero-order valence-electron chi connectivity index (χ0n) is 20.6. The average Bonchev–Trinajstić information content (AvgIpc) is 3.18. The van der Waals surface area contributed by atoms with Crippen molar-refractivity contribution in [2.24, 2.45) is 0 Å². The maximum Gasteiger partial charge on any atom is 0.295 e. The second kappa shape index (κ2) is 11.3. The van der Waals surface area contributed by atoms with Crippen LogP contribution in [-0.4, -0.2) is 56.2 Å². The molecule has 1 aliphatic rings. The first-order valence-corrected chi connectivity index (χ1v) is 11.8. The molecule has 0 aromatic heterocycles. The number of methoxy groups -OCH3 is 3. The summed E-state index contributed by atoms with van der Waals surface area (Å²) in [7, 11) is 4.58. The molecule has 1 atom stereocenters. The van der Waals surface area contributed by atoms with Crippen molar-refractivity contribution in [3.05, 3.63) is 88.5 Å². The maximum absolute atomic E-state index is 13.2. The minimum atomic E-state index is -0.865. The summed E-state index contributed by atoms with van der Waals surface area (Å²) in [5, 5.41) is 11.5. The molecular weight excluding hydrogens is 498 g/mol. The Morgan fingerprint density at radius 1 is 0.892 bits per heavy atom. The average molecular weight is 524 g/mol. The van der Waals surface area contributed by atoms with E-state index in [2.05, 4.69) is 0 Å². The molecule has 0 spiro atoms. The molecule has 1 heterocycles. The van der Waals surface area contributed by atoms with Crippen LogP contribution in [0.3, 0.4) is 0 Å². The van der Waals surface area contributed by atoms with E-state index in [1.165, 1.54) is 25.2 Å². The van der Waals surface area contributed by atoms with Gasteiger partial charge < -0.3 is 29.0 Å². The molecule has 37 heavy (non-hydrogen) atoms.